The molecule has 4 rings (SSSR count). The lowest BCUT2D eigenvalue weighted by molar-refractivity contribution is 0.386. The van der Waals surface area contributed by atoms with Gasteiger partial charge in [0.1, 0.15) is 0 Å². The summed E-state index contributed by atoms with van der Waals surface area (Å²) in [5.41, 5.74) is 1.43. The number of anilines is 4. The maximum absolute atomic E-state index is 13.8. The van der Waals surface area contributed by atoms with Crippen molar-refractivity contribution < 1.29 is 18.3 Å². The molecular formula is C27H32Cl3F2N9O2. The molecule has 0 aliphatic heterocycles. The number of aromatic nitrogens is 6. The molecule has 0 fully saturated rings. The number of benzene rings is 2. The lowest BCUT2D eigenvalue weighted by Gasteiger charge is -2.11. The summed E-state index contributed by atoms with van der Waals surface area (Å²) < 4.78 is 36.2. The molecule has 16 heteroatoms. The van der Waals surface area contributed by atoms with E-state index in [-0.39, 0.29) is 27.4 Å². The Hall–Kier alpha value is -3.81. The first-order valence-electron chi connectivity index (χ1n) is 13.0. The average molecular weight is 659 g/mol. The first-order valence-corrected chi connectivity index (χ1v) is 14.1. The number of halogens is 5. The summed E-state index contributed by atoms with van der Waals surface area (Å²) >= 11 is 16.0. The van der Waals surface area contributed by atoms with E-state index in [0.717, 1.165) is 31.5 Å². The Balaban J connectivity index is 0.000000276. The standard InChI is InChI=1S/C16H23FN6O.C8H9FO.C3Cl3N3/c1-4-8-18-14-21-15(19-9-5-2)23-16(22-14)20-11-6-7-13(24-3)12(17)10-11;1-6-3-4-8(10-2)7(9)5-6;4-1-7-2(5)9-3(6)8-1/h6-7,10H,4-5,8-9H2,1-3H3,(H3,18,19,20,21,22,23);3-5H,1-2H3;. The molecular weight excluding hydrogens is 627 g/mol. The number of nitrogens with one attached hydrogen (secondary N) is 3. The molecule has 0 aliphatic carbocycles. The van der Waals surface area contributed by atoms with Gasteiger partial charge in [-0.15, -0.1) is 0 Å². The van der Waals surface area contributed by atoms with E-state index in [0.29, 0.717) is 29.3 Å². The summed E-state index contributed by atoms with van der Waals surface area (Å²) in [6, 6.07) is 9.45. The molecule has 0 bridgehead atoms. The van der Waals surface area contributed by atoms with Gasteiger partial charge in [0.2, 0.25) is 33.7 Å². The SMILES string of the molecule is CCCNc1nc(NCCC)nc(Nc2ccc(OC)c(F)c2)n1.COc1ccc(C)cc1F.Clc1nc(Cl)nc(Cl)n1. The van der Waals surface area contributed by atoms with Crippen LogP contribution in [0.15, 0.2) is 36.4 Å². The number of ether oxygens (including phenoxy) is 2. The van der Waals surface area contributed by atoms with E-state index in [1.807, 2.05) is 13.0 Å². The molecule has 0 amide bonds. The van der Waals surface area contributed by atoms with E-state index in [1.54, 1.807) is 18.2 Å². The second-order valence-electron chi connectivity index (χ2n) is 8.41. The Morgan fingerprint density at radius 3 is 1.51 bits per heavy atom. The van der Waals surface area contributed by atoms with Crippen molar-refractivity contribution in [2.24, 2.45) is 0 Å². The van der Waals surface area contributed by atoms with Crippen molar-refractivity contribution in [3.63, 3.8) is 0 Å². The van der Waals surface area contributed by atoms with E-state index in [9.17, 15) is 8.78 Å². The van der Waals surface area contributed by atoms with Gasteiger partial charge in [-0.05, 0) is 84.4 Å². The van der Waals surface area contributed by atoms with Gasteiger partial charge >= 0.3 is 0 Å². The van der Waals surface area contributed by atoms with E-state index in [4.69, 9.17) is 44.3 Å². The second kappa shape index (κ2) is 18.7. The lowest BCUT2D eigenvalue weighted by atomic mass is 10.2. The fourth-order valence-corrected chi connectivity index (χ4v) is 3.62. The molecule has 0 atom stereocenters. The second-order valence-corrected chi connectivity index (χ2v) is 9.43. The summed E-state index contributed by atoms with van der Waals surface area (Å²) in [7, 11) is 2.88. The molecule has 232 valence electrons. The van der Waals surface area contributed by atoms with Gasteiger partial charge in [-0.2, -0.15) is 29.9 Å². The van der Waals surface area contributed by atoms with E-state index >= 15 is 0 Å². The predicted octanol–water partition coefficient (Wildman–Crippen LogP) is 7.38. The van der Waals surface area contributed by atoms with Crippen LogP contribution in [0.25, 0.3) is 0 Å². The van der Waals surface area contributed by atoms with Crippen molar-refractivity contribution in [2.45, 2.75) is 33.6 Å². The smallest absolute Gasteiger partial charge is 0.233 e. The van der Waals surface area contributed by atoms with Crippen molar-refractivity contribution in [2.75, 3.05) is 43.3 Å². The molecule has 2 aromatic heterocycles. The molecule has 2 aromatic carbocycles. The zero-order valence-electron chi connectivity index (χ0n) is 24.2. The van der Waals surface area contributed by atoms with Crippen LogP contribution in [0, 0.1) is 18.6 Å². The van der Waals surface area contributed by atoms with Gasteiger partial charge in [0, 0.05) is 24.8 Å². The van der Waals surface area contributed by atoms with Crippen molar-refractivity contribution in [3.8, 4) is 11.5 Å². The van der Waals surface area contributed by atoms with Crippen LogP contribution in [0.3, 0.4) is 0 Å². The number of hydrogen-bond acceptors (Lipinski definition) is 11. The Bertz CT molecular complexity index is 1380. The number of rotatable bonds is 10. The van der Waals surface area contributed by atoms with Crippen molar-refractivity contribution in [1.29, 1.82) is 0 Å². The average Bonchev–Trinajstić information content (AvgIpc) is 2.95. The summed E-state index contributed by atoms with van der Waals surface area (Å²) in [5.74, 6) is 1.01. The molecule has 0 saturated heterocycles. The predicted molar refractivity (Wildman–Crippen MR) is 166 cm³/mol. The molecule has 0 spiro atoms. The molecule has 0 unspecified atom stereocenters. The molecule has 0 saturated carbocycles. The number of hydrogen-bond donors (Lipinski definition) is 3. The van der Waals surface area contributed by atoms with Gasteiger partial charge in [-0.3, -0.25) is 0 Å². The van der Waals surface area contributed by atoms with Crippen LogP contribution in [-0.2, 0) is 0 Å². The summed E-state index contributed by atoms with van der Waals surface area (Å²) in [6.45, 7) is 7.47. The summed E-state index contributed by atoms with van der Waals surface area (Å²) in [5, 5.41) is 9.25. The third-order valence-corrected chi connectivity index (χ3v) is 5.48. The quantitative estimate of drug-likeness (QED) is 0.158. The van der Waals surface area contributed by atoms with Gasteiger partial charge in [0.05, 0.1) is 14.2 Å². The fraction of sp³-hybridized carbons (Fsp3) is 0.333. The van der Waals surface area contributed by atoms with Crippen LogP contribution in [0.5, 0.6) is 11.5 Å². The fourth-order valence-electron chi connectivity index (χ4n) is 3.01. The minimum absolute atomic E-state index is 0.000000000000000444. The first kappa shape index (κ1) is 35.4. The molecule has 11 nitrogen and oxygen atoms in total. The molecule has 4 aromatic rings. The van der Waals surface area contributed by atoms with Crippen LogP contribution < -0.4 is 25.4 Å². The molecule has 2 heterocycles. The monoisotopic (exact) mass is 657 g/mol. The maximum Gasteiger partial charge on any atom is 0.233 e. The normalized spacial score (nSPS) is 10.0. The Labute approximate surface area is 263 Å². The third kappa shape index (κ3) is 12.9. The van der Waals surface area contributed by atoms with Crippen LogP contribution in [0.2, 0.25) is 15.9 Å². The van der Waals surface area contributed by atoms with E-state index in [1.165, 1.54) is 26.4 Å². The number of nitrogens with zero attached hydrogens (tertiary/aromatic N) is 6. The topological polar surface area (TPSA) is 132 Å². The number of methoxy groups -OCH3 is 2. The number of aryl methyl sites for hydroxylation is 1. The Morgan fingerprint density at radius 1 is 0.651 bits per heavy atom. The molecule has 0 aliphatic rings. The van der Waals surface area contributed by atoms with Crippen molar-refractivity contribution in [1.82, 2.24) is 29.9 Å². The summed E-state index contributed by atoms with van der Waals surface area (Å²) in [6.07, 6.45) is 1.91. The van der Waals surface area contributed by atoms with E-state index < -0.39 is 5.82 Å². The highest BCUT2D eigenvalue weighted by Gasteiger charge is 2.09. The lowest BCUT2D eigenvalue weighted by Crippen LogP contribution is -2.12. The molecule has 43 heavy (non-hydrogen) atoms. The zero-order valence-corrected chi connectivity index (χ0v) is 26.4. The van der Waals surface area contributed by atoms with Gasteiger partial charge in [0.25, 0.3) is 0 Å². The van der Waals surface area contributed by atoms with Crippen LogP contribution in [0.1, 0.15) is 32.3 Å². The largest absolute Gasteiger partial charge is 0.494 e. The Morgan fingerprint density at radius 2 is 1.09 bits per heavy atom. The van der Waals surface area contributed by atoms with Gasteiger partial charge in [-0.1, -0.05) is 19.9 Å². The third-order valence-electron chi connectivity index (χ3n) is 4.97. The summed E-state index contributed by atoms with van der Waals surface area (Å²) in [4.78, 5) is 23.3. The Kier molecular flexibility index (Phi) is 15.4. The van der Waals surface area contributed by atoms with Gasteiger partial charge in [0.15, 0.2) is 23.1 Å². The van der Waals surface area contributed by atoms with Crippen LogP contribution in [0.4, 0.5) is 32.3 Å². The van der Waals surface area contributed by atoms with Crippen LogP contribution in [-0.4, -0.2) is 57.2 Å². The van der Waals surface area contributed by atoms with E-state index in [2.05, 4.69) is 59.7 Å². The minimum atomic E-state index is -0.454. The van der Waals surface area contributed by atoms with Crippen LogP contribution >= 0.6 is 34.8 Å². The van der Waals surface area contributed by atoms with Crippen molar-refractivity contribution in [3.05, 3.63) is 69.4 Å². The highest BCUT2D eigenvalue weighted by Crippen LogP contribution is 2.23. The minimum Gasteiger partial charge on any atom is -0.494 e. The van der Waals surface area contributed by atoms with Gasteiger partial charge < -0.3 is 25.4 Å². The van der Waals surface area contributed by atoms with Gasteiger partial charge in [-0.25, -0.2) is 8.78 Å². The maximum atomic E-state index is 13.8. The highest BCUT2D eigenvalue weighted by atomic mass is 35.5. The van der Waals surface area contributed by atoms with Crippen molar-refractivity contribution >= 4 is 58.3 Å². The molecule has 0 radical (unpaired) electrons. The highest BCUT2D eigenvalue weighted by molar-refractivity contribution is 6.33. The molecule has 3 N–H and O–H groups in total. The first-order chi connectivity index (χ1) is 20.6. The zero-order chi connectivity index (χ0) is 31.8.